The number of unbranched alkanes of at least 4 members (excludes halogenated alkanes) is 3. The first-order valence-corrected chi connectivity index (χ1v) is 6.41. The Morgan fingerprint density at radius 2 is 2.06 bits per heavy atom. The summed E-state index contributed by atoms with van der Waals surface area (Å²) in [4.78, 5) is 21.5. The van der Waals surface area contributed by atoms with Crippen molar-refractivity contribution < 1.29 is 9.72 Å². The Balaban J connectivity index is 2.86. The Bertz CT molecular complexity index is 446. The van der Waals surface area contributed by atoms with Crippen LogP contribution >= 0.6 is 11.6 Å². The lowest BCUT2D eigenvalue weighted by Gasteiger charge is -2.04. The van der Waals surface area contributed by atoms with Gasteiger partial charge in [0.05, 0.1) is 4.92 Å². The minimum atomic E-state index is -0.584. The summed E-state index contributed by atoms with van der Waals surface area (Å²) >= 11 is 5.38. The first kappa shape index (κ1) is 14.6. The molecule has 18 heavy (non-hydrogen) atoms. The van der Waals surface area contributed by atoms with Crippen LogP contribution in [0.15, 0.2) is 18.2 Å². The van der Waals surface area contributed by atoms with Crippen LogP contribution in [-0.4, -0.2) is 10.2 Å². The van der Waals surface area contributed by atoms with Crippen LogP contribution in [0.4, 0.5) is 5.69 Å². The van der Waals surface area contributed by atoms with Crippen molar-refractivity contribution in [3.63, 3.8) is 0 Å². The Kier molecular flexibility index (Phi) is 5.78. The number of nitrogens with zero attached hydrogens (tertiary/aromatic N) is 1. The molecule has 1 aromatic rings. The highest BCUT2D eigenvalue weighted by Gasteiger charge is 2.15. The van der Waals surface area contributed by atoms with Gasteiger partial charge in [0.15, 0.2) is 0 Å². The lowest BCUT2D eigenvalue weighted by molar-refractivity contribution is -0.385. The van der Waals surface area contributed by atoms with Crippen LogP contribution in [0, 0.1) is 10.1 Å². The van der Waals surface area contributed by atoms with Crippen LogP contribution in [0.3, 0.4) is 0 Å². The lowest BCUT2D eigenvalue weighted by atomic mass is 10.0. The van der Waals surface area contributed by atoms with E-state index in [1.54, 1.807) is 0 Å². The second-order valence-electron chi connectivity index (χ2n) is 4.18. The number of rotatable bonds is 7. The highest BCUT2D eigenvalue weighted by atomic mass is 35.5. The van der Waals surface area contributed by atoms with Gasteiger partial charge in [-0.1, -0.05) is 26.2 Å². The predicted molar refractivity (Wildman–Crippen MR) is 71.1 cm³/mol. The number of hydrogen-bond acceptors (Lipinski definition) is 3. The van der Waals surface area contributed by atoms with E-state index in [0.717, 1.165) is 25.7 Å². The van der Waals surface area contributed by atoms with Gasteiger partial charge in [0.1, 0.15) is 0 Å². The summed E-state index contributed by atoms with van der Waals surface area (Å²) in [7, 11) is 0. The SMILES string of the molecule is CCCCCCc1cc(C(=O)Cl)ccc1[N+](=O)[O-]. The number of carbonyl (C=O) groups is 1. The van der Waals surface area contributed by atoms with E-state index in [2.05, 4.69) is 6.92 Å². The van der Waals surface area contributed by atoms with Gasteiger partial charge in [-0.3, -0.25) is 14.9 Å². The van der Waals surface area contributed by atoms with Gasteiger partial charge < -0.3 is 0 Å². The molecule has 0 aliphatic rings. The molecule has 5 heteroatoms. The molecule has 0 aliphatic heterocycles. The van der Waals surface area contributed by atoms with Crippen LogP contribution in [0.5, 0.6) is 0 Å². The molecule has 0 saturated heterocycles. The molecule has 0 saturated carbocycles. The Morgan fingerprint density at radius 3 is 2.61 bits per heavy atom. The maximum absolute atomic E-state index is 11.1. The smallest absolute Gasteiger partial charge is 0.272 e. The molecule has 98 valence electrons. The van der Waals surface area contributed by atoms with Gasteiger partial charge in [-0.25, -0.2) is 0 Å². The monoisotopic (exact) mass is 269 g/mol. The maximum atomic E-state index is 11.1. The summed E-state index contributed by atoms with van der Waals surface area (Å²) in [5.74, 6) is 0. The third kappa shape index (κ3) is 4.11. The van der Waals surface area contributed by atoms with E-state index < -0.39 is 10.2 Å². The zero-order valence-corrected chi connectivity index (χ0v) is 11.1. The van der Waals surface area contributed by atoms with Crippen molar-refractivity contribution in [1.29, 1.82) is 0 Å². The lowest BCUT2D eigenvalue weighted by Crippen LogP contribution is -1.99. The third-order valence-electron chi connectivity index (χ3n) is 2.80. The van der Waals surface area contributed by atoms with E-state index in [1.165, 1.54) is 18.2 Å². The number of benzene rings is 1. The first-order chi connectivity index (χ1) is 8.56. The summed E-state index contributed by atoms with van der Waals surface area (Å²) in [6.07, 6.45) is 4.75. The van der Waals surface area contributed by atoms with Crippen LogP contribution in [0.25, 0.3) is 0 Å². The van der Waals surface area contributed by atoms with Crippen molar-refractivity contribution in [2.24, 2.45) is 0 Å². The van der Waals surface area contributed by atoms with Gasteiger partial charge >= 0.3 is 0 Å². The third-order valence-corrected chi connectivity index (χ3v) is 3.02. The maximum Gasteiger partial charge on any atom is 0.272 e. The Labute approximate surface area is 111 Å². The predicted octanol–water partition coefficient (Wildman–Crippen LogP) is 4.10. The number of halogens is 1. The number of hydrogen-bond donors (Lipinski definition) is 0. The van der Waals surface area contributed by atoms with Gasteiger partial charge in [-0.2, -0.15) is 0 Å². The number of carbonyl (C=O) groups excluding carboxylic acids is 1. The van der Waals surface area contributed by atoms with Crippen molar-refractivity contribution in [2.45, 2.75) is 39.0 Å². The largest absolute Gasteiger partial charge is 0.276 e. The van der Waals surface area contributed by atoms with Crippen molar-refractivity contribution in [3.05, 3.63) is 39.4 Å². The molecule has 0 amide bonds. The molecule has 0 atom stereocenters. The molecule has 0 unspecified atom stereocenters. The normalized spacial score (nSPS) is 10.3. The molecule has 4 nitrogen and oxygen atoms in total. The molecular formula is C13H16ClNO3. The first-order valence-electron chi connectivity index (χ1n) is 6.03. The van der Waals surface area contributed by atoms with E-state index in [0.29, 0.717) is 17.5 Å². The zero-order chi connectivity index (χ0) is 13.5. The molecule has 0 N–H and O–H groups in total. The second kappa shape index (κ2) is 7.11. The molecule has 0 spiro atoms. The second-order valence-corrected chi connectivity index (χ2v) is 4.53. The van der Waals surface area contributed by atoms with Gasteiger partial charge in [-0.15, -0.1) is 0 Å². The summed E-state index contributed by atoms with van der Waals surface area (Å²) in [6, 6.07) is 4.27. The van der Waals surface area contributed by atoms with E-state index in [1.807, 2.05) is 0 Å². The van der Waals surface area contributed by atoms with Crippen molar-refractivity contribution in [2.75, 3.05) is 0 Å². The molecule has 0 aromatic heterocycles. The highest BCUT2D eigenvalue weighted by molar-refractivity contribution is 6.67. The van der Waals surface area contributed by atoms with E-state index in [4.69, 9.17) is 11.6 Å². The van der Waals surface area contributed by atoms with E-state index >= 15 is 0 Å². The standard InChI is InChI=1S/C13H16ClNO3/c1-2-3-4-5-6-10-9-11(13(14)16)7-8-12(10)15(17)18/h7-9H,2-6H2,1H3. The van der Waals surface area contributed by atoms with E-state index in [9.17, 15) is 14.9 Å². The summed E-state index contributed by atoms with van der Waals surface area (Å²) in [5.41, 5.74) is 0.962. The number of nitro benzene ring substituents is 1. The van der Waals surface area contributed by atoms with Crippen LogP contribution in [0.1, 0.15) is 48.5 Å². The zero-order valence-electron chi connectivity index (χ0n) is 10.3. The molecular weight excluding hydrogens is 254 g/mol. The van der Waals surface area contributed by atoms with Gasteiger partial charge in [0.2, 0.25) is 0 Å². The van der Waals surface area contributed by atoms with Crippen LogP contribution < -0.4 is 0 Å². The fraction of sp³-hybridized carbons (Fsp3) is 0.462. The number of nitro groups is 1. The van der Waals surface area contributed by atoms with Crippen LogP contribution in [-0.2, 0) is 6.42 Å². The van der Waals surface area contributed by atoms with Crippen molar-refractivity contribution in [1.82, 2.24) is 0 Å². The van der Waals surface area contributed by atoms with E-state index in [-0.39, 0.29) is 5.69 Å². The van der Waals surface area contributed by atoms with Gasteiger partial charge in [0.25, 0.3) is 10.9 Å². The fourth-order valence-electron chi connectivity index (χ4n) is 1.83. The fourth-order valence-corrected chi connectivity index (χ4v) is 1.95. The van der Waals surface area contributed by atoms with Gasteiger partial charge in [-0.05, 0) is 36.6 Å². The highest BCUT2D eigenvalue weighted by Crippen LogP contribution is 2.23. The molecule has 1 aromatic carbocycles. The Morgan fingerprint density at radius 1 is 1.33 bits per heavy atom. The summed E-state index contributed by atoms with van der Waals surface area (Å²) in [5, 5.41) is 10.3. The number of aryl methyl sites for hydroxylation is 1. The average Bonchev–Trinajstić information content (AvgIpc) is 2.34. The topological polar surface area (TPSA) is 60.2 Å². The van der Waals surface area contributed by atoms with Crippen molar-refractivity contribution >= 4 is 22.5 Å². The molecule has 1 rings (SSSR count). The summed E-state index contributed by atoms with van der Waals surface area (Å²) in [6.45, 7) is 2.11. The molecule has 0 heterocycles. The summed E-state index contributed by atoms with van der Waals surface area (Å²) < 4.78 is 0. The van der Waals surface area contributed by atoms with Crippen molar-refractivity contribution in [3.8, 4) is 0 Å². The van der Waals surface area contributed by atoms with Crippen LogP contribution in [0.2, 0.25) is 0 Å². The molecule has 0 bridgehead atoms. The molecule has 0 radical (unpaired) electrons. The van der Waals surface area contributed by atoms with Gasteiger partial charge in [0, 0.05) is 17.2 Å². The Hall–Kier alpha value is -1.42. The average molecular weight is 270 g/mol. The minimum absolute atomic E-state index is 0.0631. The molecule has 0 fully saturated rings. The quantitative estimate of drug-likeness (QED) is 0.324. The minimum Gasteiger partial charge on any atom is -0.276 e. The molecule has 0 aliphatic carbocycles.